The van der Waals surface area contributed by atoms with Crippen LogP contribution in [0.4, 0.5) is 0 Å². The molecule has 1 aliphatic heterocycles. The van der Waals surface area contributed by atoms with E-state index in [4.69, 9.17) is 4.74 Å². The summed E-state index contributed by atoms with van der Waals surface area (Å²) in [6.07, 6.45) is 7.80. The number of piperidine rings is 1. The molecule has 0 atom stereocenters. The van der Waals surface area contributed by atoms with Crippen molar-refractivity contribution in [3.8, 4) is 0 Å². The van der Waals surface area contributed by atoms with Crippen molar-refractivity contribution < 1.29 is 4.74 Å². The molecule has 0 bridgehead atoms. The summed E-state index contributed by atoms with van der Waals surface area (Å²) in [4.78, 5) is 6.93. The van der Waals surface area contributed by atoms with E-state index in [1.54, 1.807) is 0 Å². The molecule has 0 amide bonds. The molecule has 2 rings (SSSR count). The number of aliphatic imine (C=N–C) groups is 1. The lowest BCUT2D eigenvalue weighted by Gasteiger charge is -2.41. The normalized spacial score (nSPS) is 19.7. The van der Waals surface area contributed by atoms with E-state index in [9.17, 15) is 0 Å². The van der Waals surface area contributed by atoms with Gasteiger partial charge < -0.3 is 15.4 Å². The first kappa shape index (κ1) is 22.0. The Morgan fingerprint density at radius 2 is 1.88 bits per heavy atom. The van der Waals surface area contributed by atoms with Crippen LogP contribution in [0.25, 0.3) is 0 Å². The molecular weight excluding hydrogens is 415 g/mol. The van der Waals surface area contributed by atoms with E-state index in [1.165, 1.54) is 45.2 Å². The fourth-order valence-electron chi connectivity index (χ4n) is 3.05. The molecule has 0 unspecified atom stereocenters. The maximum Gasteiger partial charge on any atom is 0.191 e. The number of rotatable bonds is 9. The fourth-order valence-corrected chi connectivity index (χ4v) is 3.05. The first-order chi connectivity index (χ1) is 11.1. The van der Waals surface area contributed by atoms with Crippen LogP contribution >= 0.6 is 24.0 Å². The molecule has 142 valence electrons. The molecule has 0 spiro atoms. The van der Waals surface area contributed by atoms with Crippen LogP contribution in [-0.4, -0.2) is 62.8 Å². The van der Waals surface area contributed by atoms with Gasteiger partial charge in [0.2, 0.25) is 0 Å². The summed E-state index contributed by atoms with van der Waals surface area (Å²) in [6, 6.07) is 0. The molecule has 1 heterocycles. The molecule has 1 saturated carbocycles. The average Bonchev–Trinajstić information content (AvgIpc) is 3.38. The van der Waals surface area contributed by atoms with Crippen LogP contribution in [-0.2, 0) is 4.74 Å². The Balaban J connectivity index is 0.00000288. The zero-order valence-corrected chi connectivity index (χ0v) is 18.1. The van der Waals surface area contributed by atoms with Crippen molar-refractivity contribution in [2.45, 2.75) is 57.9 Å². The predicted octanol–water partition coefficient (Wildman–Crippen LogP) is 2.85. The van der Waals surface area contributed by atoms with Gasteiger partial charge in [-0.15, -0.1) is 24.0 Å². The van der Waals surface area contributed by atoms with E-state index in [-0.39, 0.29) is 29.5 Å². The molecule has 2 N–H and O–H groups in total. The standard InChI is InChI=1S/C18H36N4O.HI/c1-18(2,22-11-5-4-6-12-22)15-21-17(19-3)20-10-7-13-23-14-16-8-9-16;/h16H,4-15H2,1-3H3,(H2,19,20,21);1H. The van der Waals surface area contributed by atoms with E-state index in [1.807, 2.05) is 7.05 Å². The van der Waals surface area contributed by atoms with Crippen LogP contribution in [0.3, 0.4) is 0 Å². The largest absolute Gasteiger partial charge is 0.381 e. The highest BCUT2D eigenvalue weighted by molar-refractivity contribution is 14.0. The summed E-state index contributed by atoms with van der Waals surface area (Å²) in [5.41, 5.74) is 0.172. The van der Waals surface area contributed by atoms with E-state index < -0.39 is 0 Å². The Bertz CT molecular complexity index is 366. The number of nitrogens with zero attached hydrogens (tertiary/aromatic N) is 2. The van der Waals surface area contributed by atoms with Crippen molar-refractivity contribution in [3.05, 3.63) is 0 Å². The van der Waals surface area contributed by atoms with Crippen LogP contribution in [0.1, 0.15) is 52.4 Å². The topological polar surface area (TPSA) is 48.9 Å². The second kappa shape index (κ2) is 11.5. The van der Waals surface area contributed by atoms with Gasteiger partial charge in [0.15, 0.2) is 5.96 Å². The molecule has 1 aliphatic carbocycles. The molecule has 0 aromatic carbocycles. The number of hydrogen-bond donors (Lipinski definition) is 2. The smallest absolute Gasteiger partial charge is 0.191 e. The number of likely N-dealkylation sites (tertiary alicyclic amines) is 1. The summed E-state index contributed by atoms with van der Waals surface area (Å²) in [5, 5.41) is 6.87. The number of guanidine groups is 1. The van der Waals surface area contributed by atoms with E-state index in [0.717, 1.165) is 44.6 Å². The second-order valence-corrected chi connectivity index (χ2v) is 7.58. The van der Waals surface area contributed by atoms with Gasteiger partial charge in [-0.3, -0.25) is 9.89 Å². The first-order valence-corrected chi connectivity index (χ1v) is 9.39. The molecule has 0 aromatic heterocycles. The van der Waals surface area contributed by atoms with Gasteiger partial charge in [0.1, 0.15) is 0 Å². The monoisotopic (exact) mass is 452 g/mol. The van der Waals surface area contributed by atoms with Crippen LogP contribution < -0.4 is 10.6 Å². The third-order valence-corrected chi connectivity index (χ3v) is 4.93. The van der Waals surface area contributed by atoms with Crippen molar-refractivity contribution in [2.75, 3.05) is 46.4 Å². The third-order valence-electron chi connectivity index (χ3n) is 4.93. The van der Waals surface area contributed by atoms with Gasteiger partial charge in [-0.2, -0.15) is 0 Å². The van der Waals surface area contributed by atoms with Gasteiger partial charge in [0.05, 0.1) is 0 Å². The van der Waals surface area contributed by atoms with Crippen molar-refractivity contribution in [2.24, 2.45) is 10.9 Å². The number of nitrogens with one attached hydrogen (secondary N) is 2. The minimum atomic E-state index is 0. The molecule has 2 aliphatic rings. The summed E-state index contributed by atoms with van der Waals surface area (Å²) in [5.74, 6) is 1.76. The van der Waals surface area contributed by atoms with Gasteiger partial charge in [-0.1, -0.05) is 6.42 Å². The fraction of sp³-hybridized carbons (Fsp3) is 0.944. The highest BCUT2D eigenvalue weighted by Gasteiger charge is 2.27. The number of halogens is 1. The first-order valence-electron chi connectivity index (χ1n) is 9.39. The Hall–Kier alpha value is -0.0800. The minimum Gasteiger partial charge on any atom is -0.381 e. The van der Waals surface area contributed by atoms with Crippen molar-refractivity contribution in [1.82, 2.24) is 15.5 Å². The summed E-state index contributed by atoms with van der Waals surface area (Å²) < 4.78 is 5.66. The quantitative estimate of drug-likeness (QED) is 0.245. The SMILES string of the molecule is CN=C(NCCCOCC1CC1)NCC(C)(C)N1CCCCC1.I. The number of ether oxygens (including phenoxy) is 1. The molecule has 24 heavy (non-hydrogen) atoms. The third kappa shape index (κ3) is 8.34. The Kier molecular flexibility index (Phi) is 10.5. The van der Waals surface area contributed by atoms with Gasteiger partial charge in [-0.05, 0) is 65.0 Å². The van der Waals surface area contributed by atoms with Gasteiger partial charge in [0, 0.05) is 38.9 Å². The Morgan fingerprint density at radius 1 is 1.17 bits per heavy atom. The molecule has 5 nitrogen and oxygen atoms in total. The van der Waals surface area contributed by atoms with E-state index in [0.29, 0.717) is 0 Å². The lowest BCUT2D eigenvalue weighted by atomic mass is 9.98. The Morgan fingerprint density at radius 3 is 2.50 bits per heavy atom. The van der Waals surface area contributed by atoms with Crippen molar-refractivity contribution >= 4 is 29.9 Å². The lowest BCUT2D eigenvalue weighted by molar-refractivity contribution is 0.0981. The maximum atomic E-state index is 5.66. The molecule has 6 heteroatoms. The van der Waals surface area contributed by atoms with Crippen LogP contribution in [0, 0.1) is 5.92 Å². The summed E-state index contributed by atoms with van der Waals surface area (Å²) in [7, 11) is 1.84. The molecule has 0 radical (unpaired) electrons. The van der Waals surface area contributed by atoms with Gasteiger partial charge in [-0.25, -0.2) is 0 Å². The van der Waals surface area contributed by atoms with Crippen molar-refractivity contribution in [3.63, 3.8) is 0 Å². The van der Waals surface area contributed by atoms with E-state index in [2.05, 4.69) is 34.4 Å². The predicted molar refractivity (Wildman–Crippen MR) is 112 cm³/mol. The van der Waals surface area contributed by atoms with Gasteiger partial charge >= 0.3 is 0 Å². The number of hydrogen-bond acceptors (Lipinski definition) is 3. The highest BCUT2D eigenvalue weighted by atomic mass is 127. The van der Waals surface area contributed by atoms with Crippen molar-refractivity contribution in [1.29, 1.82) is 0 Å². The maximum absolute atomic E-state index is 5.66. The van der Waals surface area contributed by atoms with Crippen LogP contribution in [0.5, 0.6) is 0 Å². The lowest BCUT2D eigenvalue weighted by Crippen LogP contribution is -2.54. The molecular formula is C18H37IN4O. The second-order valence-electron chi connectivity index (χ2n) is 7.58. The van der Waals surface area contributed by atoms with Crippen LogP contribution in [0.2, 0.25) is 0 Å². The Labute approximate surface area is 165 Å². The minimum absolute atomic E-state index is 0. The summed E-state index contributed by atoms with van der Waals surface area (Å²) >= 11 is 0. The average molecular weight is 452 g/mol. The van der Waals surface area contributed by atoms with Gasteiger partial charge in [0.25, 0.3) is 0 Å². The summed E-state index contributed by atoms with van der Waals surface area (Å²) in [6.45, 7) is 10.7. The molecule has 0 aromatic rings. The highest BCUT2D eigenvalue weighted by Crippen LogP contribution is 2.28. The van der Waals surface area contributed by atoms with Crippen LogP contribution in [0.15, 0.2) is 4.99 Å². The molecule has 1 saturated heterocycles. The zero-order valence-electron chi connectivity index (χ0n) is 15.8. The van der Waals surface area contributed by atoms with E-state index >= 15 is 0 Å². The zero-order chi connectivity index (χ0) is 16.5. The molecule has 2 fully saturated rings.